The van der Waals surface area contributed by atoms with Gasteiger partial charge in [0.2, 0.25) is 5.95 Å². The van der Waals surface area contributed by atoms with E-state index in [-0.39, 0.29) is 5.95 Å². The van der Waals surface area contributed by atoms with Gasteiger partial charge in [0.05, 0.1) is 5.52 Å². The molecule has 0 aliphatic heterocycles. The molecule has 0 radical (unpaired) electrons. The molecule has 2 rings (SSSR count). The van der Waals surface area contributed by atoms with E-state index in [4.69, 9.17) is 11.5 Å². The number of hydrogen-bond acceptors (Lipinski definition) is 4. The lowest BCUT2D eigenvalue weighted by atomic mass is 9.98. The lowest BCUT2D eigenvalue weighted by Gasteiger charge is -2.09. The molecule has 4 heteroatoms. The molecule has 2 aromatic rings. The zero-order chi connectivity index (χ0) is 13.8. The molecule has 19 heavy (non-hydrogen) atoms. The Morgan fingerprint density at radius 1 is 1.21 bits per heavy atom. The van der Waals surface area contributed by atoms with Crippen LogP contribution in [0.5, 0.6) is 0 Å². The largest absolute Gasteiger partial charge is 0.383 e. The maximum absolute atomic E-state index is 5.89. The van der Waals surface area contributed by atoms with Gasteiger partial charge in [0.1, 0.15) is 5.82 Å². The summed E-state index contributed by atoms with van der Waals surface area (Å²) in [6.07, 6.45) is 4.79. The monoisotopic (exact) mass is 258 g/mol. The van der Waals surface area contributed by atoms with Crippen molar-refractivity contribution in [3.05, 3.63) is 23.8 Å². The Kier molecular flexibility index (Phi) is 4.20. The molecule has 1 heterocycles. The molecule has 102 valence electrons. The average Bonchev–Trinajstić information content (AvgIpc) is 2.39. The topological polar surface area (TPSA) is 77.8 Å². The van der Waals surface area contributed by atoms with E-state index < -0.39 is 0 Å². The van der Waals surface area contributed by atoms with Crippen molar-refractivity contribution in [2.24, 2.45) is 5.92 Å². The Bertz CT molecular complexity index is 565. The number of fused-ring (bicyclic) bond motifs is 1. The molecule has 0 spiro atoms. The van der Waals surface area contributed by atoms with Gasteiger partial charge in [-0.15, -0.1) is 0 Å². The Morgan fingerprint density at radius 2 is 2.00 bits per heavy atom. The summed E-state index contributed by atoms with van der Waals surface area (Å²) in [5.41, 5.74) is 13.6. The van der Waals surface area contributed by atoms with Gasteiger partial charge in [0.25, 0.3) is 0 Å². The van der Waals surface area contributed by atoms with Gasteiger partial charge < -0.3 is 11.5 Å². The average molecular weight is 258 g/mol. The van der Waals surface area contributed by atoms with Crippen molar-refractivity contribution in [1.82, 2.24) is 9.97 Å². The van der Waals surface area contributed by atoms with Gasteiger partial charge >= 0.3 is 0 Å². The van der Waals surface area contributed by atoms with Gasteiger partial charge in [0.15, 0.2) is 0 Å². The zero-order valence-electron chi connectivity index (χ0n) is 11.7. The molecule has 0 saturated carbocycles. The number of nitrogens with two attached hydrogens (primary N) is 2. The number of hydrogen-bond donors (Lipinski definition) is 2. The van der Waals surface area contributed by atoms with Crippen LogP contribution >= 0.6 is 0 Å². The van der Waals surface area contributed by atoms with Gasteiger partial charge in [-0.05, 0) is 36.5 Å². The molecule has 0 saturated heterocycles. The Morgan fingerprint density at radius 3 is 2.74 bits per heavy atom. The first kappa shape index (κ1) is 13.6. The normalized spacial score (nSPS) is 12.7. The van der Waals surface area contributed by atoms with Gasteiger partial charge in [-0.3, -0.25) is 0 Å². The Labute approximate surface area is 114 Å². The predicted molar refractivity (Wildman–Crippen MR) is 80.8 cm³/mol. The minimum atomic E-state index is 0.231. The fourth-order valence-electron chi connectivity index (χ4n) is 2.23. The summed E-state index contributed by atoms with van der Waals surface area (Å²) in [6, 6.07) is 6.16. The third-order valence-corrected chi connectivity index (χ3v) is 3.67. The summed E-state index contributed by atoms with van der Waals surface area (Å²) in [4.78, 5) is 8.20. The number of rotatable bonds is 5. The van der Waals surface area contributed by atoms with Crippen molar-refractivity contribution in [1.29, 1.82) is 0 Å². The molecule has 1 aromatic heterocycles. The lowest BCUT2D eigenvalue weighted by Crippen LogP contribution is -2.01. The van der Waals surface area contributed by atoms with Gasteiger partial charge in [-0.25, -0.2) is 4.98 Å². The van der Waals surface area contributed by atoms with Crippen LogP contribution in [0, 0.1) is 5.92 Å². The number of nitrogen functional groups attached to an aromatic ring is 2. The summed E-state index contributed by atoms with van der Waals surface area (Å²) in [7, 11) is 0. The second-order valence-corrected chi connectivity index (χ2v) is 5.22. The SMILES string of the molecule is CCC(C)CCCc1ccc2nc(N)nc(N)c2c1. The molecular formula is C15H22N4. The van der Waals surface area contributed by atoms with Crippen LogP contribution in [0.3, 0.4) is 0 Å². The lowest BCUT2D eigenvalue weighted by molar-refractivity contribution is 0.496. The van der Waals surface area contributed by atoms with Gasteiger partial charge in [0, 0.05) is 5.39 Å². The van der Waals surface area contributed by atoms with Gasteiger partial charge in [-0.1, -0.05) is 32.8 Å². The standard InChI is InChI=1S/C15H22N4/c1-3-10(2)5-4-6-11-7-8-13-12(9-11)14(16)19-15(17)18-13/h7-10H,3-6H2,1-2H3,(H4,16,17,18,19). The molecule has 0 aliphatic rings. The molecule has 0 fully saturated rings. The highest BCUT2D eigenvalue weighted by molar-refractivity contribution is 5.89. The van der Waals surface area contributed by atoms with E-state index in [1.807, 2.05) is 6.07 Å². The number of anilines is 2. The van der Waals surface area contributed by atoms with Crippen LogP contribution in [0.2, 0.25) is 0 Å². The van der Waals surface area contributed by atoms with E-state index >= 15 is 0 Å². The molecule has 0 bridgehead atoms. The van der Waals surface area contributed by atoms with E-state index in [0.717, 1.165) is 23.2 Å². The second kappa shape index (κ2) is 5.87. The molecule has 4 nitrogen and oxygen atoms in total. The molecule has 1 atom stereocenters. The highest BCUT2D eigenvalue weighted by Crippen LogP contribution is 2.21. The molecule has 0 amide bonds. The smallest absolute Gasteiger partial charge is 0.222 e. The third-order valence-electron chi connectivity index (χ3n) is 3.67. The fraction of sp³-hybridized carbons (Fsp3) is 0.467. The Hall–Kier alpha value is -1.84. The highest BCUT2D eigenvalue weighted by Gasteiger charge is 2.05. The van der Waals surface area contributed by atoms with Crippen molar-refractivity contribution in [3.63, 3.8) is 0 Å². The van der Waals surface area contributed by atoms with Crippen molar-refractivity contribution in [2.75, 3.05) is 11.5 Å². The van der Waals surface area contributed by atoms with E-state index in [1.165, 1.54) is 24.8 Å². The minimum Gasteiger partial charge on any atom is -0.383 e. The van der Waals surface area contributed by atoms with Crippen LogP contribution < -0.4 is 11.5 Å². The number of aromatic nitrogens is 2. The predicted octanol–water partition coefficient (Wildman–Crippen LogP) is 3.16. The number of benzene rings is 1. The van der Waals surface area contributed by atoms with Crippen LogP contribution in [0.1, 0.15) is 38.7 Å². The first-order chi connectivity index (χ1) is 9.10. The number of aryl methyl sites for hydroxylation is 1. The summed E-state index contributed by atoms with van der Waals surface area (Å²) in [5, 5.41) is 0.898. The summed E-state index contributed by atoms with van der Waals surface area (Å²) >= 11 is 0. The molecule has 4 N–H and O–H groups in total. The van der Waals surface area contributed by atoms with Crippen LogP contribution in [-0.2, 0) is 6.42 Å². The van der Waals surface area contributed by atoms with Crippen molar-refractivity contribution in [2.45, 2.75) is 39.5 Å². The molecule has 0 aliphatic carbocycles. The molecule has 1 aromatic carbocycles. The quantitative estimate of drug-likeness (QED) is 0.863. The molecule has 1 unspecified atom stereocenters. The van der Waals surface area contributed by atoms with Crippen molar-refractivity contribution >= 4 is 22.7 Å². The van der Waals surface area contributed by atoms with E-state index in [2.05, 4.69) is 35.9 Å². The zero-order valence-corrected chi connectivity index (χ0v) is 11.7. The second-order valence-electron chi connectivity index (χ2n) is 5.22. The summed E-state index contributed by atoms with van der Waals surface area (Å²) in [6.45, 7) is 4.54. The van der Waals surface area contributed by atoms with Crippen LogP contribution in [0.15, 0.2) is 18.2 Å². The minimum absolute atomic E-state index is 0.231. The fourth-order valence-corrected chi connectivity index (χ4v) is 2.23. The third kappa shape index (κ3) is 3.34. The van der Waals surface area contributed by atoms with E-state index in [9.17, 15) is 0 Å². The number of nitrogens with zero attached hydrogens (tertiary/aromatic N) is 2. The summed E-state index contributed by atoms with van der Waals surface area (Å²) in [5.74, 6) is 1.49. The maximum atomic E-state index is 5.89. The van der Waals surface area contributed by atoms with Crippen LogP contribution in [-0.4, -0.2) is 9.97 Å². The van der Waals surface area contributed by atoms with E-state index in [1.54, 1.807) is 0 Å². The van der Waals surface area contributed by atoms with Gasteiger partial charge in [-0.2, -0.15) is 4.98 Å². The van der Waals surface area contributed by atoms with Crippen LogP contribution in [0.4, 0.5) is 11.8 Å². The first-order valence-electron chi connectivity index (χ1n) is 6.91. The van der Waals surface area contributed by atoms with E-state index in [0.29, 0.717) is 5.82 Å². The first-order valence-corrected chi connectivity index (χ1v) is 6.91. The maximum Gasteiger partial charge on any atom is 0.222 e. The van der Waals surface area contributed by atoms with Crippen molar-refractivity contribution in [3.8, 4) is 0 Å². The van der Waals surface area contributed by atoms with Crippen LogP contribution in [0.25, 0.3) is 10.9 Å². The summed E-state index contributed by atoms with van der Waals surface area (Å²) < 4.78 is 0. The molecular weight excluding hydrogens is 236 g/mol. The highest BCUT2D eigenvalue weighted by atomic mass is 15.0. The Balaban J connectivity index is 2.13. The van der Waals surface area contributed by atoms with Crippen molar-refractivity contribution < 1.29 is 0 Å².